The predicted molar refractivity (Wildman–Crippen MR) is 92.0 cm³/mol. The van der Waals surface area contributed by atoms with E-state index < -0.39 is 0 Å². The van der Waals surface area contributed by atoms with Crippen LogP contribution in [0.4, 0.5) is 0 Å². The molecule has 1 amide bonds. The van der Waals surface area contributed by atoms with Crippen LogP contribution < -0.4 is 0 Å². The number of likely N-dealkylation sites (tertiary alicyclic amines) is 1. The number of hydrogen-bond donors (Lipinski definition) is 0. The van der Waals surface area contributed by atoms with Crippen LogP contribution in [-0.2, 0) is 4.74 Å². The van der Waals surface area contributed by atoms with Crippen molar-refractivity contribution in [3.05, 3.63) is 34.9 Å². The second-order valence-corrected chi connectivity index (χ2v) is 6.83. The Bertz CT molecular complexity index is 514. The number of morpholine rings is 1. The van der Waals surface area contributed by atoms with Gasteiger partial charge in [-0.2, -0.15) is 0 Å². The van der Waals surface area contributed by atoms with Crippen LogP contribution >= 0.6 is 11.6 Å². The number of ether oxygens (including phenoxy) is 1. The fraction of sp³-hybridized carbons (Fsp3) is 0.611. The summed E-state index contributed by atoms with van der Waals surface area (Å²) in [5, 5.41) is 0.670. The molecule has 5 heteroatoms. The molecule has 0 radical (unpaired) electrons. The number of halogens is 1. The van der Waals surface area contributed by atoms with E-state index in [1.807, 2.05) is 12.1 Å². The van der Waals surface area contributed by atoms with E-state index in [1.54, 1.807) is 12.1 Å². The molecule has 0 aliphatic carbocycles. The zero-order valence-corrected chi connectivity index (χ0v) is 14.3. The van der Waals surface area contributed by atoms with Crippen LogP contribution in [-0.4, -0.2) is 61.1 Å². The van der Waals surface area contributed by atoms with E-state index >= 15 is 0 Å². The van der Waals surface area contributed by atoms with Crippen LogP contribution in [0.1, 0.15) is 36.0 Å². The second-order valence-electron chi connectivity index (χ2n) is 6.40. The third-order valence-corrected chi connectivity index (χ3v) is 5.11. The molecule has 126 valence electrons. The van der Waals surface area contributed by atoms with Crippen LogP contribution in [0, 0.1) is 0 Å². The van der Waals surface area contributed by atoms with E-state index in [9.17, 15) is 4.79 Å². The van der Waals surface area contributed by atoms with Crippen LogP contribution in [0.2, 0.25) is 5.02 Å². The number of benzene rings is 1. The molecule has 1 aromatic carbocycles. The molecule has 0 unspecified atom stereocenters. The van der Waals surface area contributed by atoms with Gasteiger partial charge in [0, 0.05) is 42.8 Å². The zero-order valence-electron chi connectivity index (χ0n) is 13.5. The summed E-state index contributed by atoms with van der Waals surface area (Å²) in [6.07, 6.45) is 4.49. The molecular weight excluding hydrogens is 312 g/mol. The summed E-state index contributed by atoms with van der Waals surface area (Å²) < 4.78 is 5.40. The van der Waals surface area contributed by atoms with Gasteiger partial charge in [0.25, 0.3) is 5.91 Å². The molecule has 1 atom stereocenters. The minimum Gasteiger partial charge on any atom is -0.379 e. The van der Waals surface area contributed by atoms with E-state index in [4.69, 9.17) is 16.3 Å². The number of nitrogens with zero attached hydrogens (tertiary/aromatic N) is 2. The molecule has 0 aromatic heterocycles. The summed E-state index contributed by atoms with van der Waals surface area (Å²) in [5.74, 6) is 0.147. The number of carbonyl (C=O) groups excluding carboxylic acids is 1. The predicted octanol–water partition coefficient (Wildman–Crippen LogP) is 3.06. The average Bonchev–Trinajstić information content (AvgIpc) is 2.61. The highest BCUT2D eigenvalue weighted by molar-refractivity contribution is 6.30. The van der Waals surface area contributed by atoms with Crippen molar-refractivity contribution in [1.29, 1.82) is 0 Å². The van der Waals surface area contributed by atoms with E-state index in [-0.39, 0.29) is 5.91 Å². The molecule has 2 heterocycles. The lowest BCUT2D eigenvalue weighted by Gasteiger charge is -2.37. The summed E-state index contributed by atoms with van der Waals surface area (Å²) in [5.41, 5.74) is 0.743. The first-order valence-corrected chi connectivity index (χ1v) is 8.98. The minimum atomic E-state index is 0.147. The Morgan fingerprint density at radius 2 is 1.87 bits per heavy atom. The smallest absolute Gasteiger partial charge is 0.254 e. The average molecular weight is 337 g/mol. The van der Waals surface area contributed by atoms with Crippen molar-refractivity contribution in [3.63, 3.8) is 0 Å². The Morgan fingerprint density at radius 1 is 1.13 bits per heavy atom. The largest absolute Gasteiger partial charge is 0.379 e. The van der Waals surface area contributed by atoms with Crippen molar-refractivity contribution in [2.75, 3.05) is 39.4 Å². The van der Waals surface area contributed by atoms with Gasteiger partial charge in [0.2, 0.25) is 0 Å². The fourth-order valence-corrected chi connectivity index (χ4v) is 3.61. The monoisotopic (exact) mass is 336 g/mol. The molecule has 2 aliphatic rings. The van der Waals surface area contributed by atoms with Crippen molar-refractivity contribution in [3.8, 4) is 0 Å². The molecule has 0 N–H and O–H groups in total. The van der Waals surface area contributed by atoms with E-state index in [0.717, 1.165) is 64.2 Å². The van der Waals surface area contributed by atoms with Crippen LogP contribution in [0.5, 0.6) is 0 Å². The first kappa shape index (κ1) is 16.7. The third kappa shape index (κ3) is 4.46. The summed E-state index contributed by atoms with van der Waals surface area (Å²) in [6.45, 7) is 5.61. The maximum absolute atomic E-state index is 12.8. The molecule has 0 bridgehead atoms. The van der Waals surface area contributed by atoms with Crippen molar-refractivity contribution < 1.29 is 9.53 Å². The molecule has 2 aliphatic heterocycles. The normalized spacial score (nSPS) is 23.0. The maximum atomic E-state index is 12.8. The van der Waals surface area contributed by atoms with Gasteiger partial charge >= 0.3 is 0 Å². The van der Waals surface area contributed by atoms with Crippen molar-refractivity contribution in [2.45, 2.75) is 31.7 Å². The number of carbonyl (C=O) groups is 1. The van der Waals surface area contributed by atoms with Crippen LogP contribution in [0.3, 0.4) is 0 Å². The molecule has 3 rings (SSSR count). The van der Waals surface area contributed by atoms with Gasteiger partial charge in [-0.05, 0) is 49.9 Å². The molecule has 2 fully saturated rings. The van der Waals surface area contributed by atoms with Gasteiger partial charge in [0.15, 0.2) is 0 Å². The van der Waals surface area contributed by atoms with Gasteiger partial charge in [-0.25, -0.2) is 0 Å². The van der Waals surface area contributed by atoms with Crippen molar-refractivity contribution >= 4 is 17.5 Å². The zero-order chi connectivity index (χ0) is 16.1. The van der Waals surface area contributed by atoms with Crippen molar-refractivity contribution in [1.82, 2.24) is 9.80 Å². The molecule has 4 nitrogen and oxygen atoms in total. The summed E-state index contributed by atoms with van der Waals surface area (Å²) in [7, 11) is 0. The summed E-state index contributed by atoms with van der Waals surface area (Å²) >= 11 is 5.93. The molecule has 23 heavy (non-hydrogen) atoms. The van der Waals surface area contributed by atoms with Crippen LogP contribution in [0.25, 0.3) is 0 Å². The number of piperidine rings is 1. The molecule has 0 saturated carbocycles. The van der Waals surface area contributed by atoms with Gasteiger partial charge in [-0.1, -0.05) is 11.6 Å². The van der Waals surface area contributed by atoms with Crippen molar-refractivity contribution in [2.24, 2.45) is 0 Å². The van der Waals surface area contributed by atoms with Crippen LogP contribution in [0.15, 0.2) is 24.3 Å². The molecular formula is C18H25ClN2O2. The Morgan fingerprint density at radius 3 is 2.61 bits per heavy atom. The first-order chi connectivity index (χ1) is 11.2. The summed E-state index contributed by atoms with van der Waals surface area (Å²) in [6, 6.07) is 7.61. The maximum Gasteiger partial charge on any atom is 0.254 e. The standard InChI is InChI=1S/C18H25ClN2O2/c19-16-6-4-15(5-7-16)18(22)21-9-2-1-3-17(21)8-10-20-11-13-23-14-12-20/h4-7,17H,1-3,8-14H2/t17-/m0/s1. The SMILES string of the molecule is O=C(c1ccc(Cl)cc1)N1CCCC[C@H]1CCN1CCOCC1. The minimum absolute atomic E-state index is 0.147. The van der Waals surface area contributed by atoms with Gasteiger partial charge in [0.1, 0.15) is 0 Å². The van der Waals surface area contributed by atoms with E-state index in [0.29, 0.717) is 11.1 Å². The van der Waals surface area contributed by atoms with Gasteiger partial charge < -0.3 is 9.64 Å². The van der Waals surface area contributed by atoms with Gasteiger partial charge in [0.05, 0.1) is 13.2 Å². The van der Waals surface area contributed by atoms with Gasteiger partial charge in [-0.3, -0.25) is 9.69 Å². The lowest BCUT2D eigenvalue weighted by Crippen LogP contribution is -2.46. The topological polar surface area (TPSA) is 32.8 Å². The lowest BCUT2D eigenvalue weighted by atomic mass is 9.98. The Kier molecular flexibility index (Phi) is 5.92. The second kappa shape index (κ2) is 8.13. The Hall–Kier alpha value is -1.10. The number of amides is 1. The van der Waals surface area contributed by atoms with E-state index in [1.165, 1.54) is 6.42 Å². The first-order valence-electron chi connectivity index (χ1n) is 8.61. The highest BCUT2D eigenvalue weighted by atomic mass is 35.5. The molecule has 2 saturated heterocycles. The highest BCUT2D eigenvalue weighted by Gasteiger charge is 2.27. The number of rotatable bonds is 4. The molecule has 1 aromatic rings. The van der Waals surface area contributed by atoms with E-state index in [2.05, 4.69) is 9.80 Å². The molecule has 0 spiro atoms. The Balaban J connectivity index is 1.61. The lowest BCUT2D eigenvalue weighted by molar-refractivity contribution is 0.0296. The Labute approximate surface area is 143 Å². The third-order valence-electron chi connectivity index (χ3n) is 4.86. The van der Waals surface area contributed by atoms with Gasteiger partial charge in [-0.15, -0.1) is 0 Å². The summed E-state index contributed by atoms with van der Waals surface area (Å²) in [4.78, 5) is 17.3. The fourth-order valence-electron chi connectivity index (χ4n) is 3.48. The number of hydrogen-bond acceptors (Lipinski definition) is 3. The quantitative estimate of drug-likeness (QED) is 0.847. The highest BCUT2D eigenvalue weighted by Crippen LogP contribution is 2.23.